The van der Waals surface area contributed by atoms with Crippen molar-refractivity contribution in [3.8, 4) is 0 Å². The molecule has 7 heteroatoms. The number of nitrogens with zero attached hydrogens (tertiary/aromatic N) is 2. The van der Waals surface area contributed by atoms with E-state index in [2.05, 4.69) is 50.9 Å². The van der Waals surface area contributed by atoms with E-state index in [-0.39, 0.29) is 0 Å². The molecule has 1 aliphatic carbocycles. The van der Waals surface area contributed by atoms with Crippen LogP contribution in [-0.4, -0.2) is 37.4 Å². The van der Waals surface area contributed by atoms with E-state index in [1.807, 2.05) is 24.3 Å². The highest BCUT2D eigenvalue weighted by Crippen LogP contribution is 2.38. The summed E-state index contributed by atoms with van der Waals surface area (Å²) in [6.07, 6.45) is 2.55. The molecule has 1 aromatic heterocycles. The Balaban J connectivity index is 2.01. The predicted molar refractivity (Wildman–Crippen MR) is 116 cm³/mol. The normalized spacial score (nSPS) is 17.4. The number of benzene rings is 2. The van der Waals surface area contributed by atoms with Crippen LogP contribution in [0.1, 0.15) is 17.7 Å². The van der Waals surface area contributed by atoms with Crippen LogP contribution in [0.5, 0.6) is 0 Å². The Kier molecular flexibility index (Phi) is 4.99. The van der Waals surface area contributed by atoms with Crippen molar-refractivity contribution in [3.63, 3.8) is 0 Å². The average Bonchev–Trinajstić information content (AvgIpc) is 2.95. The number of halogens is 2. The van der Waals surface area contributed by atoms with Crippen LogP contribution in [0.2, 0.25) is 0 Å². The molecule has 142 valence electrons. The molecule has 1 atom stereocenters. The van der Waals surface area contributed by atoms with E-state index in [0.717, 1.165) is 45.9 Å². The lowest BCUT2D eigenvalue weighted by molar-refractivity contribution is 0.267. The lowest BCUT2D eigenvalue weighted by Gasteiger charge is -2.29. The van der Waals surface area contributed by atoms with E-state index in [9.17, 15) is 8.42 Å². The molecule has 0 radical (unpaired) electrons. The lowest BCUT2D eigenvalue weighted by Crippen LogP contribution is -2.34. The van der Waals surface area contributed by atoms with Crippen molar-refractivity contribution >= 4 is 52.8 Å². The van der Waals surface area contributed by atoms with Crippen LogP contribution >= 0.6 is 31.9 Å². The minimum absolute atomic E-state index is 0.294. The van der Waals surface area contributed by atoms with Gasteiger partial charge in [0.1, 0.15) is 4.90 Å². The molecule has 0 N–H and O–H groups in total. The summed E-state index contributed by atoms with van der Waals surface area (Å²) in [6.45, 7) is 0. The van der Waals surface area contributed by atoms with Crippen molar-refractivity contribution in [2.45, 2.75) is 30.2 Å². The minimum Gasteiger partial charge on any atom is -0.306 e. The molecule has 0 saturated heterocycles. The van der Waals surface area contributed by atoms with Crippen LogP contribution in [0.25, 0.3) is 10.9 Å². The molecule has 0 amide bonds. The average molecular weight is 512 g/mol. The van der Waals surface area contributed by atoms with Crippen molar-refractivity contribution in [2.75, 3.05) is 14.1 Å². The van der Waals surface area contributed by atoms with Gasteiger partial charge in [0, 0.05) is 26.1 Å². The summed E-state index contributed by atoms with van der Waals surface area (Å²) in [7, 11) is 0.468. The van der Waals surface area contributed by atoms with E-state index in [1.165, 1.54) is 0 Å². The Morgan fingerprint density at radius 3 is 2.56 bits per heavy atom. The van der Waals surface area contributed by atoms with Gasteiger partial charge in [0.2, 0.25) is 0 Å². The van der Waals surface area contributed by atoms with Crippen LogP contribution in [0, 0.1) is 0 Å². The SMILES string of the molecule is CN(C)C1CCc2c(c3cc(Br)ccc3n2S(=O)(=O)c2ccccc2Br)C1. The first kappa shape index (κ1) is 19.2. The van der Waals surface area contributed by atoms with E-state index >= 15 is 0 Å². The number of fused-ring (bicyclic) bond motifs is 3. The summed E-state index contributed by atoms with van der Waals surface area (Å²) >= 11 is 6.96. The van der Waals surface area contributed by atoms with E-state index in [1.54, 1.807) is 22.2 Å². The van der Waals surface area contributed by atoms with Gasteiger partial charge >= 0.3 is 0 Å². The van der Waals surface area contributed by atoms with Gasteiger partial charge in [0.25, 0.3) is 10.0 Å². The second-order valence-electron chi connectivity index (χ2n) is 7.15. The van der Waals surface area contributed by atoms with Gasteiger partial charge in [-0.05, 0) is 85.2 Å². The quantitative estimate of drug-likeness (QED) is 0.506. The van der Waals surface area contributed by atoms with Gasteiger partial charge in [-0.2, -0.15) is 0 Å². The molecule has 3 aromatic rings. The summed E-state index contributed by atoms with van der Waals surface area (Å²) in [5.41, 5.74) is 2.81. The van der Waals surface area contributed by atoms with Crippen LogP contribution < -0.4 is 0 Å². The van der Waals surface area contributed by atoms with Crippen molar-refractivity contribution in [3.05, 3.63) is 62.7 Å². The third-order valence-electron chi connectivity index (χ3n) is 5.34. The largest absolute Gasteiger partial charge is 0.306 e. The second kappa shape index (κ2) is 7.03. The Labute approximate surface area is 176 Å². The Bertz CT molecular complexity index is 1140. The molecule has 27 heavy (non-hydrogen) atoms. The summed E-state index contributed by atoms with van der Waals surface area (Å²) in [5.74, 6) is 0. The molecule has 1 unspecified atom stereocenters. The topological polar surface area (TPSA) is 42.3 Å². The monoisotopic (exact) mass is 510 g/mol. The second-order valence-corrected chi connectivity index (χ2v) is 10.7. The van der Waals surface area contributed by atoms with Crippen LogP contribution in [-0.2, 0) is 22.9 Å². The lowest BCUT2D eigenvalue weighted by atomic mass is 9.91. The minimum atomic E-state index is -3.70. The van der Waals surface area contributed by atoms with E-state index in [4.69, 9.17) is 0 Å². The molecular formula is C20H20Br2N2O2S. The van der Waals surface area contributed by atoms with Gasteiger partial charge in [0.15, 0.2) is 0 Å². The third-order valence-corrected chi connectivity index (χ3v) is 8.59. The van der Waals surface area contributed by atoms with Crippen LogP contribution in [0.4, 0.5) is 0 Å². The molecule has 1 heterocycles. The Hall–Kier alpha value is -1.15. The molecule has 1 aliphatic rings. The first-order valence-electron chi connectivity index (χ1n) is 8.79. The fraction of sp³-hybridized carbons (Fsp3) is 0.300. The number of hydrogen-bond acceptors (Lipinski definition) is 3. The maximum atomic E-state index is 13.6. The molecule has 2 aromatic carbocycles. The van der Waals surface area contributed by atoms with Crippen molar-refractivity contribution in [2.24, 2.45) is 0 Å². The number of aromatic nitrogens is 1. The van der Waals surface area contributed by atoms with Gasteiger partial charge in [-0.1, -0.05) is 28.1 Å². The molecular weight excluding hydrogens is 492 g/mol. The summed E-state index contributed by atoms with van der Waals surface area (Å²) in [6, 6.07) is 13.3. The van der Waals surface area contributed by atoms with Gasteiger partial charge < -0.3 is 4.90 Å². The summed E-state index contributed by atoms with van der Waals surface area (Å²) < 4.78 is 30.3. The predicted octanol–water partition coefficient (Wildman–Crippen LogP) is 4.82. The van der Waals surface area contributed by atoms with Gasteiger partial charge in [-0.3, -0.25) is 0 Å². The summed E-state index contributed by atoms with van der Waals surface area (Å²) in [5, 5.41) is 1.02. The highest BCUT2D eigenvalue weighted by Gasteiger charge is 2.32. The molecule has 4 nitrogen and oxygen atoms in total. The van der Waals surface area contributed by atoms with Crippen molar-refractivity contribution in [1.29, 1.82) is 0 Å². The Morgan fingerprint density at radius 1 is 1.11 bits per heavy atom. The van der Waals surface area contributed by atoms with E-state index < -0.39 is 10.0 Å². The van der Waals surface area contributed by atoms with Crippen molar-refractivity contribution < 1.29 is 8.42 Å². The number of hydrogen-bond donors (Lipinski definition) is 0. The molecule has 0 fully saturated rings. The van der Waals surface area contributed by atoms with Crippen LogP contribution in [0.15, 0.2) is 56.3 Å². The fourth-order valence-corrected chi connectivity index (χ4v) is 6.87. The van der Waals surface area contributed by atoms with Gasteiger partial charge in [-0.25, -0.2) is 12.4 Å². The van der Waals surface area contributed by atoms with Gasteiger partial charge in [0.05, 0.1) is 5.52 Å². The highest BCUT2D eigenvalue weighted by atomic mass is 79.9. The highest BCUT2D eigenvalue weighted by molar-refractivity contribution is 9.10. The molecule has 0 saturated carbocycles. The zero-order chi connectivity index (χ0) is 19.3. The Morgan fingerprint density at radius 2 is 1.85 bits per heavy atom. The zero-order valence-corrected chi connectivity index (χ0v) is 19.1. The van der Waals surface area contributed by atoms with Gasteiger partial charge in [-0.15, -0.1) is 0 Å². The first-order chi connectivity index (χ1) is 12.8. The molecule has 4 rings (SSSR count). The zero-order valence-electron chi connectivity index (χ0n) is 15.1. The fourth-order valence-electron chi connectivity index (χ4n) is 3.94. The molecule has 0 bridgehead atoms. The standard InChI is InChI=1S/C20H20Br2N2O2S/c1-23(2)14-8-10-19-16(12-14)15-11-13(21)7-9-18(15)24(19)27(25,26)20-6-4-3-5-17(20)22/h3-7,9,11,14H,8,10,12H2,1-2H3. The van der Waals surface area contributed by atoms with E-state index in [0.29, 0.717) is 15.4 Å². The number of rotatable bonds is 3. The maximum Gasteiger partial charge on any atom is 0.269 e. The van der Waals surface area contributed by atoms with Crippen molar-refractivity contribution in [1.82, 2.24) is 8.87 Å². The summed E-state index contributed by atoms with van der Waals surface area (Å²) in [4.78, 5) is 2.52. The smallest absolute Gasteiger partial charge is 0.269 e. The van der Waals surface area contributed by atoms with Crippen LogP contribution in [0.3, 0.4) is 0 Å². The number of likely N-dealkylation sites (N-methyl/N-ethyl adjacent to an activating group) is 1. The molecule has 0 spiro atoms. The third kappa shape index (κ3) is 3.18. The maximum absolute atomic E-state index is 13.6. The first-order valence-corrected chi connectivity index (χ1v) is 11.8. The molecule has 0 aliphatic heterocycles.